The number of benzene rings is 3. The lowest BCUT2D eigenvalue weighted by Crippen LogP contribution is -2.57. The highest BCUT2D eigenvalue weighted by atomic mass is 16.2. The van der Waals surface area contributed by atoms with Gasteiger partial charge in [0.15, 0.2) is 0 Å². The zero-order valence-corrected chi connectivity index (χ0v) is 21.7. The van der Waals surface area contributed by atoms with Crippen molar-refractivity contribution >= 4 is 34.2 Å². The molecule has 0 bridgehead atoms. The lowest BCUT2D eigenvalue weighted by Gasteiger charge is -2.43. The zero-order valence-electron chi connectivity index (χ0n) is 21.7. The minimum Gasteiger partial charge on any atom is -0.341 e. The van der Waals surface area contributed by atoms with Gasteiger partial charge in [-0.25, -0.2) is 0 Å². The van der Waals surface area contributed by atoms with Crippen molar-refractivity contribution in [2.75, 3.05) is 44.3 Å². The maximum Gasteiger partial charge on any atom is 0.253 e. The first kappa shape index (κ1) is 24.5. The first-order valence-corrected chi connectivity index (χ1v) is 13.7. The van der Waals surface area contributed by atoms with Gasteiger partial charge in [-0.1, -0.05) is 48.5 Å². The Balaban J connectivity index is 1.21. The average molecular weight is 511 g/mol. The van der Waals surface area contributed by atoms with Crippen LogP contribution in [0.2, 0.25) is 0 Å². The maximum absolute atomic E-state index is 14.0. The molecule has 0 aliphatic carbocycles. The smallest absolute Gasteiger partial charge is 0.253 e. The number of anilines is 1. The van der Waals surface area contributed by atoms with Gasteiger partial charge in [-0.05, 0) is 67.1 Å². The molecule has 3 aromatic rings. The minimum absolute atomic E-state index is 0.000516. The summed E-state index contributed by atoms with van der Waals surface area (Å²) in [6.45, 7) is 3.05. The predicted molar refractivity (Wildman–Crippen MR) is 148 cm³/mol. The Morgan fingerprint density at radius 1 is 0.737 bits per heavy atom. The van der Waals surface area contributed by atoms with Gasteiger partial charge in [0.1, 0.15) is 12.1 Å². The number of hydrogen-bond acceptors (Lipinski definition) is 4. The minimum atomic E-state index is -0.746. The van der Waals surface area contributed by atoms with Crippen LogP contribution >= 0.6 is 0 Å². The van der Waals surface area contributed by atoms with Crippen molar-refractivity contribution in [1.29, 1.82) is 0 Å². The largest absolute Gasteiger partial charge is 0.341 e. The monoisotopic (exact) mass is 510 g/mol. The number of hydrogen-bond donors (Lipinski definition) is 0. The van der Waals surface area contributed by atoms with Crippen LogP contribution in [0.5, 0.6) is 0 Å². The third kappa shape index (κ3) is 4.40. The fourth-order valence-electron chi connectivity index (χ4n) is 6.31. The van der Waals surface area contributed by atoms with Gasteiger partial charge in [-0.15, -0.1) is 0 Å². The van der Waals surface area contributed by atoms with Crippen molar-refractivity contribution in [3.05, 3.63) is 78.4 Å². The first-order chi connectivity index (χ1) is 18.5. The van der Waals surface area contributed by atoms with Crippen molar-refractivity contribution in [1.82, 2.24) is 14.7 Å². The molecule has 3 aliphatic rings. The molecular formula is C31H34N4O3. The molecule has 0 saturated carbocycles. The molecule has 196 valence electrons. The van der Waals surface area contributed by atoms with Crippen LogP contribution in [-0.4, -0.2) is 77.4 Å². The van der Waals surface area contributed by atoms with Crippen LogP contribution in [0.1, 0.15) is 42.5 Å². The molecule has 3 heterocycles. The molecule has 3 fully saturated rings. The summed E-state index contributed by atoms with van der Waals surface area (Å²) in [6, 6.07) is 23.8. The van der Waals surface area contributed by atoms with E-state index in [1.54, 1.807) is 4.90 Å². The second-order valence-electron chi connectivity index (χ2n) is 10.7. The summed E-state index contributed by atoms with van der Waals surface area (Å²) in [5, 5.41) is 2.15. The Bertz CT molecular complexity index is 1340. The molecule has 7 heteroatoms. The molecule has 0 radical (unpaired) electrons. The van der Waals surface area contributed by atoms with Crippen LogP contribution < -0.4 is 4.90 Å². The van der Waals surface area contributed by atoms with E-state index in [4.69, 9.17) is 0 Å². The highest BCUT2D eigenvalue weighted by Crippen LogP contribution is 2.40. The number of likely N-dealkylation sites (tertiary alicyclic amines) is 2. The number of rotatable bonds is 4. The van der Waals surface area contributed by atoms with Gasteiger partial charge in [0.05, 0.1) is 6.67 Å². The van der Waals surface area contributed by atoms with Crippen LogP contribution in [0.3, 0.4) is 0 Å². The molecule has 3 amide bonds. The molecule has 0 unspecified atom stereocenters. The van der Waals surface area contributed by atoms with Crippen molar-refractivity contribution in [2.45, 2.75) is 37.6 Å². The highest BCUT2D eigenvalue weighted by molar-refractivity contribution is 6.00. The zero-order chi connectivity index (χ0) is 26.1. The van der Waals surface area contributed by atoms with Crippen LogP contribution in [-0.2, 0) is 9.59 Å². The van der Waals surface area contributed by atoms with E-state index in [-0.39, 0.29) is 24.3 Å². The Kier molecular flexibility index (Phi) is 6.52. The summed E-state index contributed by atoms with van der Waals surface area (Å²) >= 11 is 0. The van der Waals surface area contributed by atoms with Crippen LogP contribution in [0.4, 0.5) is 5.69 Å². The number of fused-ring (bicyclic) bond motifs is 1. The summed E-state index contributed by atoms with van der Waals surface area (Å²) < 4.78 is 0. The first-order valence-electron chi connectivity index (χ1n) is 13.7. The fourth-order valence-corrected chi connectivity index (χ4v) is 6.31. The van der Waals surface area contributed by atoms with E-state index in [0.29, 0.717) is 38.2 Å². The van der Waals surface area contributed by atoms with Gasteiger partial charge >= 0.3 is 0 Å². The van der Waals surface area contributed by atoms with Gasteiger partial charge in [-0.2, -0.15) is 0 Å². The standard InChI is InChI=1S/C31H34N4O3/c36-28(32-17-7-2-8-18-32)22-34-23-35(27-11-3-1-4-12-27)31(30(34)38)15-19-33(20-16-31)29(37)26-14-13-24-9-5-6-10-25(24)21-26/h1,3-6,9-14,21H,2,7-8,15-20,22-23H2. The number of nitrogens with zero attached hydrogens (tertiary/aromatic N) is 4. The van der Waals surface area contributed by atoms with Crippen molar-refractivity contribution in [2.24, 2.45) is 0 Å². The van der Waals surface area contributed by atoms with E-state index < -0.39 is 5.54 Å². The third-order valence-corrected chi connectivity index (χ3v) is 8.49. The van der Waals surface area contributed by atoms with E-state index in [9.17, 15) is 14.4 Å². The van der Waals surface area contributed by atoms with Crippen LogP contribution in [0.25, 0.3) is 10.8 Å². The van der Waals surface area contributed by atoms with Crippen LogP contribution in [0, 0.1) is 0 Å². The maximum atomic E-state index is 14.0. The molecular weight excluding hydrogens is 476 g/mol. The summed E-state index contributed by atoms with van der Waals surface area (Å²) in [5.74, 6) is 0.0380. The second kappa shape index (κ2) is 10.1. The van der Waals surface area contributed by atoms with Crippen LogP contribution in [0.15, 0.2) is 72.8 Å². The number of carbonyl (C=O) groups excluding carboxylic acids is 3. The quantitative estimate of drug-likeness (QED) is 0.530. The van der Waals surface area contributed by atoms with E-state index >= 15 is 0 Å². The summed E-state index contributed by atoms with van der Waals surface area (Å²) in [6.07, 6.45) is 4.29. The van der Waals surface area contributed by atoms with E-state index in [0.717, 1.165) is 48.8 Å². The Labute approximate surface area is 223 Å². The molecule has 3 saturated heterocycles. The van der Waals surface area contributed by atoms with Gasteiger partial charge < -0.3 is 19.6 Å². The van der Waals surface area contributed by atoms with E-state index in [2.05, 4.69) is 4.90 Å². The van der Waals surface area contributed by atoms with Crippen molar-refractivity contribution in [3.63, 3.8) is 0 Å². The van der Waals surface area contributed by atoms with Gasteiger partial charge in [-0.3, -0.25) is 14.4 Å². The molecule has 3 aliphatic heterocycles. The average Bonchev–Trinajstić information content (AvgIpc) is 3.24. The highest BCUT2D eigenvalue weighted by Gasteiger charge is 2.54. The van der Waals surface area contributed by atoms with Gasteiger partial charge in [0.2, 0.25) is 5.91 Å². The lowest BCUT2D eigenvalue weighted by atomic mass is 9.85. The molecule has 0 aromatic heterocycles. The lowest BCUT2D eigenvalue weighted by molar-refractivity contribution is -0.141. The molecule has 3 aromatic carbocycles. The van der Waals surface area contributed by atoms with Crippen molar-refractivity contribution in [3.8, 4) is 0 Å². The Morgan fingerprint density at radius 3 is 2.16 bits per heavy atom. The third-order valence-electron chi connectivity index (χ3n) is 8.49. The summed E-state index contributed by atoms with van der Waals surface area (Å²) in [5.41, 5.74) is 0.901. The Hall–Kier alpha value is -3.87. The summed E-state index contributed by atoms with van der Waals surface area (Å²) in [4.78, 5) is 48.1. The number of amides is 3. The second-order valence-corrected chi connectivity index (χ2v) is 10.7. The Morgan fingerprint density at radius 2 is 1.42 bits per heavy atom. The van der Waals surface area contributed by atoms with Crippen molar-refractivity contribution < 1.29 is 14.4 Å². The van der Waals surface area contributed by atoms with Gasteiger partial charge in [0, 0.05) is 37.4 Å². The molecule has 7 nitrogen and oxygen atoms in total. The number of piperidine rings is 2. The topological polar surface area (TPSA) is 64.2 Å². The normalized spacial score (nSPS) is 19.4. The molecule has 6 rings (SSSR count). The fraction of sp³-hybridized carbons (Fsp3) is 0.387. The molecule has 0 N–H and O–H groups in total. The van der Waals surface area contributed by atoms with E-state index in [1.807, 2.05) is 82.6 Å². The van der Waals surface area contributed by atoms with Gasteiger partial charge in [0.25, 0.3) is 11.8 Å². The number of carbonyl (C=O) groups is 3. The number of para-hydroxylation sites is 1. The molecule has 0 atom stereocenters. The summed E-state index contributed by atoms with van der Waals surface area (Å²) in [7, 11) is 0. The van der Waals surface area contributed by atoms with E-state index in [1.165, 1.54) is 0 Å². The predicted octanol–water partition coefficient (Wildman–Crippen LogP) is 4.13. The molecule has 38 heavy (non-hydrogen) atoms. The molecule has 1 spiro atoms. The SMILES string of the molecule is O=C(CN1CN(c2ccccc2)C2(CCN(C(=O)c3ccc4ccccc4c3)CC2)C1=O)N1CCCCC1.